The minimum atomic E-state index is -0.232. The molecule has 1 rings (SSSR count). The fourth-order valence-corrected chi connectivity index (χ4v) is 2.70. The molecule has 0 fully saturated rings. The van der Waals surface area contributed by atoms with E-state index in [0.717, 1.165) is 29.4 Å². The summed E-state index contributed by atoms with van der Waals surface area (Å²) in [4.78, 5) is 0. The van der Waals surface area contributed by atoms with E-state index in [9.17, 15) is 4.39 Å². The molecule has 0 bridgehead atoms. The maximum Gasteiger partial charge on any atom is 0.124 e. The van der Waals surface area contributed by atoms with Crippen molar-refractivity contribution in [1.82, 2.24) is 5.32 Å². The minimum Gasteiger partial charge on any atom is -0.377 e. The first-order chi connectivity index (χ1) is 8.96. The van der Waals surface area contributed by atoms with E-state index in [1.807, 2.05) is 6.07 Å². The Hall–Kier alpha value is -0.450. The first-order valence-electron chi connectivity index (χ1n) is 6.69. The monoisotopic (exact) mass is 331 g/mol. The summed E-state index contributed by atoms with van der Waals surface area (Å²) in [7, 11) is 1.74. The van der Waals surface area contributed by atoms with Gasteiger partial charge in [0, 0.05) is 17.6 Å². The summed E-state index contributed by atoms with van der Waals surface area (Å²) in [5.41, 5.74) is 0.855. The lowest BCUT2D eigenvalue weighted by Crippen LogP contribution is -2.51. The van der Waals surface area contributed by atoms with Crippen LogP contribution in [-0.4, -0.2) is 25.3 Å². The maximum absolute atomic E-state index is 13.1. The molecule has 1 aromatic rings. The number of rotatable bonds is 7. The molecular formula is C15H23BrFNO. The third-order valence-corrected chi connectivity index (χ3v) is 4.53. The number of ether oxygens (including phenoxy) is 1. The predicted molar refractivity (Wildman–Crippen MR) is 81.0 cm³/mol. The first-order valence-corrected chi connectivity index (χ1v) is 7.48. The van der Waals surface area contributed by atoms with E-state index in [-0.39, 0.29) is 17.5 Å². The van der Waals surface area contributed by atoms with Crippen molar-refractivity contribution in [3.63, 3.8) is 0 Å². The van der Waals surface area contributed by atoms with Gasteiger partial charge in [-0.15, -0.1) is 0 Å². The maximum atomic E-state index is 13.1. The lowest BCUT2D eigenvalue weighted by atomic mass is 9.88. The van der Waals surface area contributed by atoms with Crippen LogP contribution in [0.3, 0.4) is 0 Å². The molecule has 0 amide bonds. The summed E-state index contributed by atoms with van der Waals surface area (Å²) < 4.78 is 19.6. The molecule has 0 heterocycles. The lowest BCUT2D eigenvalue weighted by molar-refractivity contribution is -0.0284. The molecule has 1 aromatic carbocycles. The van der Waals surface area contributed by atoms with Crippen LogP contribution in [0, 0.1) is 5.82 Å². The molecule has 0 spiro atoms. The quantitative estimate of drug-likeness (QED) is 0.817. The van der Waals surface area contributed by atoms with Crippen molar-refractivity contribution in [3.8, 4) is 0 Å². The zero-order valence-corrected chi connectivity index (χ0v) is 13.7. The largest absolute Gasteiger partial charge is 0.377 e. The van der Waals surface area contributed by atoms with Gasteiger partial charge in [0.05, 0.1) is 5.60 Å². The van der Waals surface area contributed by atoms with Gasteiger partial charge in [0.25, 0.3) is 0 Å². The average Bonchev–Trinajstić information content (AvgIpc) is 2.40. The van der Waals surface area contributed by atoms with Gasteiger partial charge in [-0.1, -0.05) is 35.8 Å². The predicted octanol–water partition coefficient (Wildman–Crippen LogP) is 3.92. The SMILES string of the molecule is CCNC(Cc1ccc(F)cc1Br)C(C)(CC)OC. The Bertz CT molecular complexity index is 407. The van der Waals surface area contributed by atoms with Gasteiger partial charge >= 0.3 is 0 Å². The number of likely N-dealkylation sites (N-methyl/N-ethyl adjacent to an activating group) is 1. The van der Waals surface area contributed by atoms with Crippen molar-refractivity contribution >= 4 is 15.9 Å². The molecule has 2 atom stereocenters. The van der Waals surface area contributed by atoms with Gasteiger partial charge in [-0.3, -0.25) is 0 Å². The highest BCUT2D eigenvalue weighted by Gasteiger charge is 2.32. The molecule has 0 radical (unpaired) electrons. The molecule has 0 saturated carbocycles. The van der Waals surface area contributed by atoms with Crippen LogP contribution in [0.1, 0.15) is 32.8 Å². The van der Waals surface area contributed by atoms with E-state index in [0.29, 0.717) is 0 Å². The van der Waals surface area contributed by atoms with Crippen LogP contribution in [-0.2, 0) is 11.2 Å². The number of halogens is 2. The van der Waals surface area contributed by atoms with Crippen molar-refractivity contribution in [1.29, 1.82) is 0 Å². The van der Waals surface area contributed by atoms with Crippen LogP contribution in [0.25, 0.3) is 0 Å². The van der Waals surface area contributed by atoms with Gasteiger partial charge in [-0.2, -0.15) is 0 Å². The smallest absolute Gasteiger partial charge is 0.124 e. The zero-order valence-electron chi connectivity index (χ0n) is 12.1. The number of hydrogen-bond donors (Lipinski definition) is 1. The second-order valence-corrected chi connectivity index (χ2v) is 5.77. The van der Waals surface area contributed by atoms with Crippen LogP contribution in [0.4, 0.5) is 4.39 Å². The highest BCUT2D eigenvalue weighted by molar-refractivity contribution is 9.10. The normalized spacial score (nSPS) is 16.1. The van der Waals surface area contributed by atoms with Gasteiger partial charge < -0.3 is 10.1 Å². The van der Waals surface area contributed by atoms with Crippen LogP contribution < -0.4 is 5.32 Å². The molecule has 2 unspecified atom stereocenters. The number of hydrogen-bond acceptors (Lipinski definition) is 2. The highest BCUT2D eigenvalue weighted by Crippen LogP contribution is 2.26. The topological polar surface area (TPSA) is 21.3 Å². The molecule has 19 heavy (non-hydrogen) atoms. The van der Waals surface area contributed by atoms with E-state index >= 15 is 0 Å². The Labute approximate surface area is 123 Å². The summed E-state index contributed by atoms with van der Waals surface area (Å²) in [6.45, 7) is 7.19. The van der Waals surface area contributed by atoms with Gasteiger partial charge in [0.15, 0.2) is 0 Å². The zero-order chi connectivity index (χ0) is 14.5. The highest BCUT2D eigenvalue weighted by atomic mass is 79.9. The molecule has 0 aliphatic heterocycles. The second-order valence-electron chi connectivity index (χ2n) is 4.92. The number of benzene rings is 1. The summed E-state index contributed by atoms with van der Waals surface area (Å²) in [5.74, 6) is -0.222. The fourth-order valence-electron chi connectivity index (χ4n) is 2.19. The molecule has 0 aliphatic rings. The van der Waals surface area contributed by atoms with Crippen molar-refractivity contribution in [3.05, 3.63) is 34.1 Å². The van der Waals surface area contributed by atoms with Crippen molar-refractivity contribution < 1.29 is 9.13 Å². The standard InChI is InChI=1S/C15H23BrFNO/c1-5-15(3,19-4)14(18-6-2)9-11-7-8-12(17)10-13(11)16/h7-8,10,14,18H,5-6,9H2,1-4H3. The average molecular weight is 332 g/mol. The van der Waals surface area contributed by atoms with Crippen molar-refractivity contribution in [2.45, 2.75) is 45.3 Å². The Balaban J connectivity index is 2.95. The van der Waals surface area contributed by atoms with E-state index in [2.05, 4.69) is 42.0 Å². The van der Waals surface area contributed by atoms with Gasteiger partial charge in [-0.25, -0.2) is 4.39 Å². The van der Waals surface area contributed by atoms with Gasteiger partial charge in [0.2, 0.25) is 0 Å². The van der Waals surface area contributed by atoms with Crippen molar-refractivity contribution in [2.24, 2.45) is 0 Å². The van der Waals surface area contributed by atoms with E-state index in [1.165, 1.54) is 12.1 Å². The fraction of sp³-hybridized carbons (Fsp3) is 0.600. The summed E-state index contributed by atoms with van der Waals surface area (Å²) in [5, 5.41) is 3.48. The molecule has 2 nitrogen and oxygen atoms in total. The molecule has 4 heteroatoms. The van der Waals surface area contributed by atoms with Crippen LogP contribution >= 0.6 is 15.9 Å². The van der Waals surface area contributed by atoms with E-state index in [4.69, 9.17) is 4.74 Å². The Kier molecular flexibility index (Phi) is 6.43. The second kappa shape index (κ2) is 7.36. The molecule has 0 aliphatic carbocycles. The summed E-state index contributed by atoms with van der Waals surface area (Å²) in [6, 6.07) is 5.03. The molecule has 0 saturated heterocycles. The first kappa shape index (κ1) is 16.6. The molecule has 0 aromatic heterocycles. The summed E-state index contributed by atoms with van der Waals surface area (Å²) >= 11 is 3.43. The molecule has 108 valence electrons. The number of methoxy groups -OCH3 is 1. The van der Waals surface area contributed by atoms with Gasteiger partial charge in [0.1, 0.15) is 5.82 Å². The lowest BCUT2D eigenvalue weighted by Gasteiger charge is -2.36. The van der Waals surface area contributed by atoms with Gasteiger partial charge in [-0.05, 0) is 44.0 Å². The van der Waals surface area contributed by atoms with Crippen LogP contribution in [0.15, 0.2) is 22.7 Å². The molecular weight excluding hydrogens is 309 g/mol. The Morgan fingerprint density at radius 2 is 2.11 bits per heavy atom. The third kappa shape index (κ3) is 4.26. The summed E-state index contributed by atoms with van der Waals surface area (Å²) in [6.07, 6.45) is 1.72. The number of nitrogens with one attached hydrogen (secondary N) is 1. The van der Waals surface area contributed by atoms with E-state index in [1.54, 1.807) is 7.11 Å². The molecule has 1 N–H and O–H groups in total. The van der Waals surface area contributed by atoms with Crippen LogP contribution in [0.5, 0.6) is 0 Å². The third-order valence-electron chi connectivity index (χ3n) is 3.80. The van der Waals surface area contributed by atoms with E-state index < -0.39 is 0 Å². The minimum absolute atomic E-state index is 0.189. The van der Waals surface area contributed by atoms with Crippen LogP contribution in [0.2, 0.25) is 0 Å². The van der Waals surface area contributed by atoms with Crippen molar-refractivity contribution in [2.75, 3.05) is 13.7 Å². The Morgan fingerprint density at radius 3 is 2.58 bits per heavy atom. The Morgan fingerprint density at radius 1 is 1.42 bits per heavy atom.